The van der Waals surface area contributed by atoms with Gasteiger partial charge in [0.15, 0.2) is 16.5 Å². The van der Waals surface area contributed by atoms with E-state index in [1.54, 1.807) is 53.8 Å². The smallest absolute Gasteiger partial charge is 0.221 e. The molecule has 0 aliphatic heterocycles. The van der Waals surface area contributed by atoms with Crippen LogP contribution < -0.4 is 0 Å². The molecule has 0 fully saturated rings. The number of thiazole rings is 1. The summed E-state index contributed by atoms with van der Waals surface area (Å²) in [5, 5.41) is 1.59. The Morgan fingerprint density at radius 2 is 1.74 bits per heavy atom. The molecule has 0 atom stereocenters. The Labute approximate surface area is 191 Å². The van der Waals surface area contributed by atoms with Crippen molar-refractivity contribution in [1.29, 1.82) is 0 Å². The molecule has 0 radical (unpaired) electrons. The zero-order valence-electron chi connectivity index (χ0n) is 15.8. The van der Waals surface area contributed by atoms with Gasteiger partial charge in [-0.3, -0.25) is 4.79 Å². The number of hydrogen-bond donors (Lipinski definition) is 0. The number of para-hydroxylation sites is 1. The average molecular weight is 466 g/mol. The summed E-state index contributed by atoms with van der Waals surface area (Å²) in [5.74, 6) is 1.58. The van der Waals surface area contributed by atoms with E-state index in [2.05, 4.69) is 4.98 Å². The molecule has 0 N–H and O–H groups in total. The first-order valence-corrected chi connectivity index (χ1v) is 10.9. The number of halogens is 2. The fourth-order valence-corrected chi connectivity index (χ4v) is 4.41. The van der Waals surface area contributed by atoms with Gasteiger partial charge in [0, 0.05) is 5.56 Å². The maximum atomic E-state index is 12.5. The molecule has 5 aromatic rings. The van der Waals surface area contributed by atoms with Crippen molar-refractivity contribution in [1.82, 2.24) is 4.98 Å². The Kier molecular flexibility index (Phi) is 5.24. The van der Waals surface area contributed by atoms with E-state index in [-0.39, 0.29) is 11.5 Å². The second-order valence-electron chi connectivity index (χ2n) is 6.65. The van der Waals surface area contributed by atoms with Gasteiger partial charge in [0.05, 0.1) is 20.3 Å². The van der Waals surface area contributed by atoms with Gasteiger partial charge in [0.25, 0.3) is 0 Å². The third-order valence-electron chi connectivity index (χ3n) is 4.60. The lowest BCUT2D eigenvalue weighted by Gasteiger charge is -2.01. The number of benzene rings is 2. The molecular weight excluding hydrogens is 453 g/mol. The van der Waals surface area contributed by atoms with Crippen molar-refractivity contribution in [2.75, 3.05) is 0 Å². The number of rotatable bonds is 5. The molecular formula is C24H13Cl2NO3S. The first kappa shape index (κ1) is 19.8. The quantitative estimate of drug-likeness (QED) is 0.194. The van der Waals surface area contributed by atoms with E-state index >= 15 is 0 Å². The lowest BCUT2D eigenvalue weighted by atomic mass is 10.2. The standard InChI is InChI=1S/C24H13Cl2NO3S/c25-16-5-3-4-15(23(16)26)19-12-13-20(30-19)18(28)10-8-14-9-11-21(29-14)24-27-17-6-1-2-7-22(17)31-24/h1-13H/b10-8+. The van der Waals surface area contributed by atoms with Gasteiger partial charge in [-0.25, -0.2) is 4.98 Å². The second-order valence-corrected chi connectivity index (χ2v) is 8.47. The van der Waals surface area contributed by atoms with Gasteiger partial charge < -0.3 is 8.83 Å². The zero-order valence-corrected chi connectivity index (χ0v) is 18.2. The van der Waals surface area contributed by atoms with Crippen LogP contribution in [0.15, 0.2) is 81.6 Å². The van der Waals surface area contributed by atoms with E-state index in [0.29, 0.717) is 32.9 Å². The molecule has 0 bridgehead atoms. The summed E-state index contributed by atoms with van der Waals surface area (Å²) < 4.78 is 12.6. The molecule has 31 heavy (non-hydrogen) atoms. The van der Waals surface area contributed by atoms with Gasteiger partial charge in [-0.2, -0.15) is 0 Å². The van der Waals surface area contributed by atoms with Crippen LogP contribution in [0, 0.1) is 0 Å². The van der Waals surface area contributed by atoms with Crippen molar-refractivity contribution in [3.05, 3.63) is 94.4 Å². The lowest BCUT2D eigenvalue weighted by molar-refractivity contribution is 0.102. The Balaban J connectivity index is 1.34. The number of fused-ring (bicyclic) bond motifs is 1. The first-order chi connectivity index (χ1) is 15.1. The highest BCUT2D eigenvalue weighted by Gasteiger charge is 2.14. The molecule has 0 saturated heterocycles. The number of furan rings is 2. The maximum Gasteiger partial charge on any atom is 0.221 e. The molecule has 0 amide bonds. The third-order valence-corrected chi connectivity index (χ3v) is 6.47. The Morgan fingerprint density at radius 3 is 2.61 bits per heavy atom. The molecule has 2 aromatic carbocycles. The van der Waals surface area contributed by atoms with Crippen molar-refractivity contribution >= 4 is 56.6 Å². The van der Waals surface area contributed by atoms with Crippen LogP contribution in [0.4, 0.5) is 0 Å². The Bertz CT molecular complexity index is 1410. The highest BCUT2D eigenvalue weighted by atomic mass is 35.5. The molecule has 0 aliphatic rings. The molecule has 0 aliphatic carbocycles. The first-order valence-electron chi connectivity index (χ1n) is 9.31. The molecule has 7 heteroatoms. The van der Waals surface area contributed by atoms with Crippen LogP contribution in [0.1, 0.15) is 16.3 Å². The van der Waals surface area contributed by atoms with E-state index in [1.165, 1.54) is 6.08 Å². The van der Waals surface area contributed by atoms with Gasteiger partial charge in [-0.15, -0.1) is 11.3 Å². The van der Waals surface area contributed by atoms with E-state index in [0.717, 1.165) is 15.2 Å². The van der Waals surface area contributed by atoms with Crippen LogP contribution in [-0.2, 0) is 0 Å². The van der Waals surface area contributed by atoms with Gasteiger partial charge in [-0.05, 0) is 60.7 Å². The Morgan fingerprint density at radius 1 is 0.903 bits per heavy atom. The van der Waals surface area contributed by atoms with E-state index in [1.807, 2.05) is 30.3 Å². The fraction of sp³-hybridized carbons (Fsp3) is 0. The number of aromatic nitrogens is 1. The average Bonchev–Trinajstić information content (AvgIpc) is 3.52. The minimum absolute atomic E-state index is 0.195. The second kappa shape index (κ2) is 8.19. The minimum Gasteiger partial charge on any atom is -0.454 e. The van der Waals surface area contributed by atoms with Crippen LogP contribution in [0.5, 0.6) is 0 Å². The molecule has 0 saturated carbocycles. The summed E-state index contributed by atoms with van der Waals surface area (Å²) in [7, 11) is 0. The summed E-state index contributed by atoms with van der Waals surface area (Å²) in [6.45, 7) is 0. The van der Waals surface area contributed by atoms with Crippen LogP contribution >= 0.6 is 34.5 Å². The number of ketones is 1. The van der Waals surface area contributed by atoms with Crippen LogP contribution in [0.3, 0.4) is 0 Å². The lowest BCUT2D eigenvalue weighted by Crippen LogP contribution is -1.90. The van der Waals surface area contributed by atoms with Crippen molar-refractivity contribution < 1.29 is 13.6 Å². The molecule has 152 valence electrons. The van der Waals surface area contributed by atoms with E-state index in [4.69, 9.17) is 32.0 Å². The third kappa shape index (κ3) is 3.95. The topological polar surface area (TPSA) is 56.2 Å². The van der Waals surface area contributed by atoms with E-state index < -0.39 is 0 Å². The van der Waals surface area contributed by atoms with Crippen molar-refractivity contribution in [2.45, 2.75) is 0 Å². The summed E-state index contributed by atoms with van der Waals surface area (Å²) >= 11 is 13.8. The van der Waals surface area contributed by atoms with Crippen molar-refractivity contribution in [2.24, 2.45) is 0 Å². The number of carbonyl (C=O) groups is 1. The highest BCUT2D eigenvalue weighted by Crippen LogP contribution is 2.34. The number of carbonyl (C=O) groups excluding carboxylic acids is 1. The summed E-state index contributed by atoms with van der Waals surface area (Å²) in [6, 6.07) is 20.1. The summed E-state index contributed by atoms with van der Waals surface area (Å²) in [6.07, 6.45) is 3.01. The molecule has 3 heterocycles. The number of allylic oxidation sites excluding steroid dienone is 1. The van der Waals surface area contributed by atoms with Crippen LogP contribution in [-0.4, -0.2) is 10.8 Å². The van der Waals surface area contributed by atoms with Gasteiger partial charge in [-0.1, -0.05) is 41.4 Å². The molecule has 3 aromatic heterocycles. The largest absolute Gasteiger partial charge is 0.454 e. The highest BCUT2D eigenvalue weighted by molar-refractivity contribution is 7.21. The van der Waals surface area contributed by atoms with Gasteiger partial charge in [0.2, 0.25) is 5.78 Å². The maximum absolute atomic E-state index is 12.5. The molecule has 0 unspecified atom stereocenters. The SMILES string of the molecule is O=C(/C=C/c1ccc(-c2nc3ccccc3s2)o1)c1ccc(-c2cccc(Cl)c2Cl)o1. The Hall–Kier alpha value is -3.12. The van der Waals surface area contributed by atoms with Crippen LogP contribution in [0.2, 0.25) is 10.0 Å². The summed E-state index contributed by atoms with van der Waals surface area (Å²) in [4.78, 5) is 17.1. The van der Waals surface area contributed by atoms with Crippen molar-refractivity contribution in [3.8, 4) is 22.1 Å². The molecule has 0 spiro atoms. The van der Waals surface area contributed by atoms with E-state index in [9.17, 15) is 4.79 Å². The van der Waals surface area contributed by atoms with Gasteiger partial charge >= 0.3 is 0 Å². The van der Waals surface area contributed by atoms with Crippen LogP contribution in [0.25, 0.3) is 38.4 Å². The summed E-state index contributed by atoms with van der Waals surface area (Å²) in [5.41, 5.74) is 1.56. The number of hydrogen-bond acceptors (Lipinski definition) is 5. The fourth-order valence-electron chi connectivity index (χ4n) is 3.08. The monoisotopic (exact) mass is 465 g/mol. The predicted molar refractivity (Wildman–Crippen MR) is 125 cm³/mol. The minimum atomic E-state index is -0.290. The predicted octanol–water partition coefficient (Wildman–Crippen LogP) is 8.02. The molecule has 4 nitrogen and oxygen atoms in total. The number of nitrogens with zero attached hydrogens (tertiary/aromatic N) is 1. The zero-order chi connectivity index (χ0) is 21.4. The van der Waals surface area contributed by atoms with Crippen molar-refractivity contribution in [3.63, 3.8) is 0 Å². The molecule has 5 rings (SSSR count). The normalized spacial score (nSPS) is 11.5. The van der Waals surface area contributed by atoms with Gasteiger partial charge in [0.1, 0.15) is 11.5 Å².